The number of benzene rings is 1. The summed E-state index contributed by atoms with van der Waals surface area (Å²) in [6.07, 6.45) is -0.411. The van der Waals surface area contributed by atoms with E-state index in [0.29, 0.717) is 29.8 Å². The maximum Gasteiger partial charge on any atom is 0.254 e. The molecule has 86 valence electrons. The molecule has 1 aliphatic rings. The molecule has 0 spiro atoms. The van der Waals surface area contributed by atoms with E-state index in [0.717, 1.165) is 0 Å². The summed E-state index contributed by atoms with van der Waals surface area (Å²) in [6.45, 7) is 4.02. The first-order valence-corrected chi connectivity index (χ1v) is 5.23. The van der Waals surface area contributed by atoms with Crippen LogP contribution in [0.1, 0.15) is 21.5 Å². The quantitative estimate of drug-likeness (QED) is 0.778. The van der Waals surface area contributed by atoms with E-state index in [9.17, 15) is 9.18 Å². The third kappa shape index (κ3) is 1.80. The van der Waals surface area contributed by atoms with Crippen molar-refractivity contribution in [2.45, 2.75) is 20.0 Å². The van der Waals surface area contributed by atoms with Gasteiger partial charge in [0.05, 0.1) is 6.10 Å². The molecule has 0 saturated carbocycles. The fourth-order valence-corrected chi connectivity index (χ4v) is 1.87. The van der Waals surface area contributed by atoms with Gasteiger partial charge in [-0.3, -0.25) is 4.79 Å². The van der Waals surface area contributed by atoms with Crippen molar-refractivity contribution in [1.82, 2.24) is 4.90 Å². The van der Waals surface area contributed by atoms with Crippen molar-refractivity contribution in [3.05, 3.63) is 34.6 Å². The minimum Gasteiger partial charge on any atom is -0.389 e. The first-order valence-electron chi connectivity index (χ1n) is 5.23. The third-order valence-electron chi connectivity index (χ3n) is 2.83. The highest BCUT2D eigenvalue weighted by Gasteiger charge is 2.29. The number of hydrogen-bond donors (Lipinski definition) is 1. The minimum atomic E-state index is -0.411. The van der Waals surface area contributed by atoms with Gasteiger partial charge in [0.25, 0.3) is 5.91 Å². The number of halogens is 1. The molecule has 0 aliphatic carbocycles. The molecule has 0 unspecified atom stereocenters. The summed E-state index contributed by atoms with van der Waals surface area (Å²) < 4.78 is 13.4. The maximum atomic E-state index is 13.4. The topological polar surface area (TPSA) is 40.5 Å². The van der Waals surface area contributed by atoms with Gasteiger partial charge in [-0.25, -0.2) is 4.39 Å². The van der Waals surface area contributed by atoms with Crippen molar-refractivity contribution < 1.29 is 14.3 Å². The van der Waals surface area contributed by atoms with E-state index in [1.54, 1.807) is 30.9 Å². The lowest BCUT2D eigenvalue weighted by atomic mass is 10.0. The number of carbonyl (C=O) groups is 1. The Morgan fingerprint density at radius 1 is 1.38 bits per heavy atom. The Kier molecular flexibility index (Phi) is 2.68. The van der Waals surface area contributed by atoms with Gasteiger partial charge < -0.3 is 10.0 Å². The molecule has 4 heteroatoms. The van der Waals surface area contributed by atoms with Gasteiger partial charge in [-0.2, -0.15) is 0 Å². The van der Waals surface area contributed by atoms with Crippen molar-refractivity contribution in [3.63, 3.8) is 0 Å². The highest BCUT2D eigenvalue weighted by atomic mass is 19.1. The molecule has 1 saturated heterocycles. The molecule has 0 aromatic heterocycles. The molecule has 0 atom stereocenters. The molecule has 1 fully saturated rings. The van der Waals surface area contributed by atoms with Crippen LogP contribution in [0.5, 0.6) is 0 Å². The number of rotatable bonds is 1. The van der Waals surface area contributed by atoms with E-state index in [2.05, 4.69) is 0 Å². The number of nitrogens with zero attached hydrogens (tertiary/aromatic N) is 1. The normalized spacial score (nSPS) is 16.1. The summed E-state index contributed by atoms with van der Waals surface area (Å²) >= 11 is 0. The number of aliphatic hydroxyl groups excluding tert-OH is 1. The molecule has 1 aromatic carbocycles. The SMILES string of the molecule is Cc1cc(C(=O)N2CC(O)C2)cc(C)c1F. The fraction of sp³-hybridized carbons (Fsp3) is 0.417. The van der Waals surface area contributed by atoms with Gasteiger partial charge in [-0.05, 0) is 37.1 Å². The Morgan fingerprint density at radius 2 is 1.88 bits per heavy atom. The van der Waals surface area contributed by atoms with Gasteiger partial charge >= 0.3 is 0 Å². The predicted molar refractivity (Wildman–Crippen MR) is 57.8 cm³/mol. The second kappa shape index (κ2) is 3.87. The van der Waals surface area contributed by atoms with Gasteiger partial charge in [0.15, 0.2) is 0 Å². The van der Waals surface area contributed by atoms with Crippen molar-refractivity contribution in [2.75, 3.05) is 13.1 Å². The zero-order valence-electron chi connectivity index (χ0n) is 9.33. The first kappa shape index (κ1) is 11.1. The standard InChI is InChI=1S/C12H14FNO2/c1-7-3-9(4-8(2)11(7)13)12(16)14-5-10(15)6-14/h3-4,10,15H,5-6H2,1-2H3. The maximum absolute atomic E-state index is 13.4. The molecular weight excluding hydrogens is 209 g/mol. The Morgan fingerprint density at radius 3 is 2.31 bits per heavy atom. The van der Waals surface area contributed by atoms with Crippen LogP contribution in [-0.2, 0) is 0 Å². The number of hydrogen-bond acceptors (Lipinski definition) is 2. The van der Waals surface area contributed by atoms with Gasteiger partial charge in [0.2, 0.25) is 0 Å². The number of aryl methyl sites for hydroxylation is 2. The molecule has 16 heavy (non-hydrogen) atoms. The molecule has 1 aromatic rings. The Bertz CT molecular complexity index is 416. The summed E-state index contributed by atoms with van der Waals surface area (Å²) in [4.78, 5) is 13.4. The molecule has 2 rings (SSSR count). The molecule has 1 heterocycles. The molecule has 1 amide bonds. The van der Waals surface area contributed by atoms with Gasteiger partial charge in [0, 0.05) is 18.7 Å². The van der Waals surface area contributed by atoms with Crippen LogP contribution in [0.4, 0.5) is 4.39 Å². The number of amides is 1. The van der Waals surface area contributed by atoms with Crippen LogP contribution in [0.15, 0.2) is 12.1 Å². The molecule has 1 N–H and O–H groups in total. The molecule has 0 radical (unpaired) electrons. The highest BCUT2D eigenvalue weighted by Crippen LogP contribution is 2.18. The summed E-state index contributed by atoms with van der Waals surface area (Å²) in [6, 6.07) is 3.10. The van der Waals surface area contributed by atoms with E-state index in [-0.39, 0.29) is 11.7 Å². The summed E-state index contributed by atoms with van der Waals surface area (Å²) in [7, 11) is 0. The summed E-state index contributed by atoms with van der Waals surface area (Å²) in [5.41, 5.74) is 1.44. The monoisotopic (exact) mass is 223 g/mol. The smallest absolute Gasteiger partial charge is 0.254 e. The van der Waals surface area contributed by atoms with Crippen molar-refractivity contribution in [2.24, 2.45) is 0 Å². The van der Waals surface area contributed by atoms with Crippen molar-refractivity contribution in [1.29, 1.82) is 0 Å². The van der Waals surface area contributed by atoms with Crippen LogP contribution in [0.2, 0.25) is 0 Å². The average Bonchev–Trinajstić information content (AvgIpc) is 2.19. The first-order chi connectivity index (χ1) is 7.49. The van der Waals surface area contributed by atoms with E-state index in [4.69, 9.17) is 5.11 Å². The second-order valence-corrected chi connectivity index (χ2v) is 4.29. The van der Waals surface area contributed by atoms with Crippen LogP contribution < -0.4 is 0 Å². The van der Waals surface area contributed by atoms with Gasteiger partial charge in [-0.1, -0.05) is 0 Å². The lowest BCUT2D eigenvalue weighted by Crippen LogP contribution is -2.53. The van der Waals surface area contributed by atoms with Crippen LogP contribution in [0.25, 0.3) is 0 Å². The molecular formula is C12H14FNO2. The van der Waals surface area contributed by atoms with Crippen LogP contribution >= 0.6 is 0 Å². The number of carbonyl (C=O) groups excluding carboxylic acids is 1. The minimum absolute atomic E-state index is 0.142. The van der Waals surface area contributed by atoms with E-state index in [1.807, 2.05) is 0 Å². The molecule has 3 nitrogen and oxygen atoms in total. The molecule has 0 bridgehead atoms. The predicted octanol–water partition coefficient (Wildman–Crippen LogP) is 1.26. The van der Waals surface area contributed by atoms with Gasteiger partial charge in [-0.15, -0.1) is 0 Å². The van der Waals surface area contributed by atoms with Crippen LogP contribution in [-0.4, -0.2) is 35.1 Å². The number of likely N-dealkylation sites (tertiary alicyclic amines) is 1. The average molecular weight is 223 g/mol. The summed E-state index contributed by atoms with van der Waals surface area (Å²) in [5.74, 6) is -0.406. The zero-order valence-corrected chi connectivity index (χ0v) is 9.33. The van der Waals surface area contributed by atoms with Crippen LogP contribution in [0, 0.1) is 19.7 Å². The lowest BCUT2D eigenvalue weighted by Gasteiger charge is -2.36. The Balaban J connectivity index is 2.24. The lowest BCUT2D eigenvalue weighted by molar-refractivity contribution is 0.00588. The van der Waals surface area contributed by atoms with E-state index >= 15 is 0 Å². The highest BCUT2D eigenvalue weighted by molar-refractivity contribution is 5.95. The second-order valence-electron chi connectivity index (χ2n) is 4.29. The van der Waals surface area contributed by atoms with Gasteiger partial charge in [0.1, 0.15) is 5.82 Å². The number of β-amino-alcohol motifs (C(OH)–C–C–N with tert-alkyl or cyclic N) is 1. The third-order valence-corrected chi connectivity index (χ3v) is 2.83. The molecule has 1 aliphatic heterocycles. The number of aliphatic hydroxyl groups is 1. The Hall–Kier alpha value is -1.42. The van der Waals surface area contributed by atoms with Crippen molar-refractivity contribution in [3.8, 4) is 0 Å². The van der Waals surface area contributed by atoms with Crippen LogP contribution in [0.3, 0.4) is 0 Å². The van der Waals surface area contributed by atoms with E-state index < -0.39 is 6.10 Å². The zero-order chi connectivity index (χ0) is 11.9. The van der Waals surface area contributed by atoms with E-state index in [1.165, 1.54) is 0 Å². The van der Waals surface area contributed by atoms with Crippen molar-refractivity contribution >= 4 is 5.91 Å². The summed E-state index contributed by atoms with van der Waals surface area (Å²) in [5, 5.41) is 9.11. The largest absolute Gasteiger partial charge is 0.389 e. The fourth-order valence-electron chi connectivity index (χ4n) is 1.87. The Labute approximate surface area is 93.5 Å².